The standard InChI is InChI=1S/C19H27N5O2/c1-4-16(23-10-12-24(13-11-23)19(26)20-5-2)17-21-15-9-7-6-8-14(15)18(25)22(17)3/h6-9,16H,4-5,10-13H2,1-3H3,(H,20,26). The van der Waals surface area contributed by atoms with E-state index in [9.17, 15) is 9.59 Å². The van der Waals surface area contributed by atoms with Crippen molar-refractivity contribution in [3.8, 4) is 0 Å². The van der Waals surface area contributed by atoms with Crippen LogP contribution in [-0.4, -0.2) is 58.1 Å². The quantitative estimate of drug-likeness (QED) is 0.905. The maximum atomic E-state index is 12.7. The fraction of sp³-hybridized carbons (Fsp3) is 0.526. The first-order chi connectivity index (χ1) is 12.6. The molecule has 0 spiro atoms. The van der Waals surface area contributed by atoms with Gasteiger partial charge in [0, 0.05) is 39.8 Å². The number of amides is 2. The van der Waals surface area contributed by atoms with E-state index < -0.39 is 0 Å². The SMILES string of the molecule is CCNC(=O)N1CCN(C(CC)c2nc3ccccc3c(=O)n2C)CC1. The smallest absolute Gasteiger partial charge is 0.317 e. The first kappa shape index (κ1) is 18.4. The monoisotopic (exact) mass is 357 g/mol. The molecule has 0 radical (unpaired) electrons. The third-order valence-electron chi connectivity index (χ3n) is 5.07. The van der Waals surface area contributed by atoms with Crippen LogP contribution in [0.1, 0.15) is 32.1 Å². The van der Waals surface area contributed by atoms with E-state index in [1.54, 1.807) is 11.6 Å². The van der Waals surface area contributed by atoms with Gasteiger partial charge in [-0.3, -0.25) is 14.3 Å². The van der Waals surface area contributed by atoms with Crippen molar-refractivity contribution in [2.45, 2.75) is 26.3 Å². The van der Waals surface area contributed by atoms with Gasteiger partial charge in [-0.2, -0.15) is 0 Å². The molecule has 3 rings (SSSR count). The third-order valence-corrected chi connectivity index (χ3v) is 5.07. The highest BCUT2D eigenvalue weighted by molar-refractivity contribution is 5.77. The summed E-state index contributed by atoms with van der Waals surface area (Å²) in [6.07, 6.45) is 0.861. The van der Waals surface area contributed by atoms with Crippen LogP contribution in [0.5, 0.6) is 0 Å². The summed E-state index contributed by atoms with van der Waals surface area (Å²) in [6.45, 7) is 7.60. The van der Waals surface area contributed by atoms with Gasteiger partial charge in [0.05, 0.1) is 16.9 Å². The first-order valence-corrected chi connectivity index (χ1v) is 9.29. The summed E-state index contributed by atoms with van der Waals surface area (Å²) in [6, 6.07) is 7.54. The Bertz CT molecular complexity index is 839. The summed E-state index contributed by atoms with van der Waals surface area (Å²) in [5.41, 5.74) is 0.731. The fourth-order valence-corrected chi connectivity index (χ4v) is 3.64. The molecule has 1 unspecified atom stereocenters. The predicted molar refractivity (Wildman–Crippen MR) is 102 cm³/mol. The summed E-state index contributed by atoms with van der Waals surface area (Å²) in [5.74, 6) is 0.794. The van der Waals surface area contributed by atoms with Crippen molar-refractivity contribution in [2.75, 3.05) is 32.7 Å². The second kappa shape index (κ2) is 7.86. The van der Waals surface area contributed by atoms with Crippen LogP contribution < -0.4 is 10.9 Å². The van der Waals surface area contributed by atoms with Crippen LogP contribution in [0.2, 0.25) is 0 Å². The number of rotatable bonds is 4. The average Bonchev–Trinajstić information content (AvgIpc) is 2.67. The number of hydrogen-bond donors (Lipinski definition) is 1. The topological polar surface area (TPSA) is 70.5 Å². The number of carbonyl (C=O) groups excluding carboxylic acids is 1. The molecular weight excluding hydrogens is 330 g/mol. The van der Waals surface area contributed by atoms with Crippen molar-refractivity contribution in [3.05, 3.63) is 40.4 Å². The number of piperazine rings is 1. The Labute approximate surface area is 153 Å². The number of benzene rings is 1. The van der Waals surface area contributed by atoms with Crippen LogP contribution in [0.25, 0.3) is 10.9 Å². The van der Waals surface area contributed by atoms with Crippen molar-refractivity contribution in [1.29, 1.82) is 0 Å². The maximum Gasteiger partial charge on any atom is 0.317 e. The largest absolute Gasteiger partial charge is 0.338 e. The second-order valence-corrected chi connectivity index (χ2v) is 6.63. The maximum absolute atomic E-state index is 12.7. The molecule has 1 aliphatic heterocycles. The number of nitrogens with one attached hydrogen (secondary N) is 1. The normalized spacial score (nSPS) is 16.7. The minimum atomic E-state index is -0.00925. The first-order valence-electron chi connectivity index (χ1n) is 9.29. The molecule has 1 aliphatic rings. The van der Waals surface area contributed by atoms with Crippen LogP contribution in [-0.2, 0) is 7.05 Å². The molecule has 1 atom stereocenters. The van der Waals surface area contributed by atoms with Crippen LogP contribution in [0.3, 0.4) is 0 Å². The van der Waals surface area contributed by atoms with E-state index >= 15 is 0 Å². The lowest BCUT2D eigenvalue weighted by Gasteiger charge is -2.39. The summed E-state index contributed by atoms with van der Waals surface area (Å²) >= 11 is 0. The molecule has 1 saturated heterocycles. The predicted octanol–water partition coefficient (Wildman–Crippen LogP) is 1.73. The fourth-order valence-electron chi connectivity index (χ4n) is 3.64. The van der Waals surface area contributed by atoms with E-state index in [4.69, 9.17) is 4.98 Å². The molecule has 0 bridgehead atoms. The molecule has 26 heavy (non-hydrogen) atoms. The number of para-hydroxylation sites is 1. The molecule has 1 aromatic carbocycles. The zero-order valence-electron chi connectivity index (χ0n) is 15.7. The van der Waals surface area contributed by atoms with Crippen LogP contribution in [0, 0.1) is 0 Å². The zero-order chi connectivity index (χ0) is 18.7. The Morgan fingerprint density at radius 1 is 1.19 bits per heavy atom. The molecule has 2 amide bonds. The van der Waals surface area contributed by atoms with Gasteiger partial charge in [0.25, 0.3) is 5.56 Å². The summed E-state index contributed by atoms with van der Waals surface area (Å²) < 4.78 is 1.67. The van der Waals surface area contributed by atoms with Gasteiger partial charge in [0.2, 0.25) is 0 Å². The number of hydrogen-bond acceptors (Lipinski definition) is 4. The Morgan fingerprint density at radius 2 is 1.88 bits per heavy atom. The molecule has 2 heterocycles. The van der Waals surface area contributed by atoms with Gasteiger partial charge in [0.1, 0.15) is 5.82 Å². The van der Waals surface area contributed by atoms with E-state index in [1.807, 2.05) is 36.1 Å². The third kappa shape index (κ3) is 3.44. The molecule has 2 aromatic rings. The van der Waals surface area contributed by atoms with Crippen molar-refractivity contribution in [2.24, 2.45) is 7.05 Å². The number of fused-ring (bicyclic) bond motifs is 1. The molecular formula is C19H27N5O2. The summed E-state index contributed by atoms with van der Waals surface area (Å²) in [5, 5.41) is 3.50. The van der Waals surface area contributed by atoms with Gasteiger partial charge in [-0.15, -0.1) is 0 Å². The lowest BCUT2D eigenvalue weighted by Crippen LogP contribution is -2.52. The molecule has 1 aromatic heterocycles. The van der Waals surface area contributed by atoms with Gasteiger partial charge in [0.15, 0.2) is 0 Å². The molecule has 0 saturated carbocycles. The van der Waals surface area contributed by atoms with Crippen LogP contribution in [0.15, 0.2) is 29.1 Å². The van der Waals surface area contributed by atoms with Crippen molar-refractivity contribution < 1.29 is 4.79 Å². The average molecular weight is 357 g/mol. The second-order valence-electron chi connectivity index (χ2n) is 6.63. The van der Waals surface area contributed by atoms with Crippen molar-refractivity contribution in [3.63, 3.8) is 0 Å². The van der Waals surface area contributed by atoms with E-state index in [1.165, 1.54) is 0 Å². The van der Waals surface area contributed by atoms with E-state index in [2.05, 4.69) is 17.1 Å². The lowest BCUT2D eigenvalue weighted by atomic mass is 10.1. The number of nitrogens with zero attached hydrogens (tertiary/aromatic N) is 4. The lowest BCUT2D eigenvalue weighted by molar-refractivity contribution is 0.101. The number of carbonyl (C=O) groups is 1. The van der Waals surface area contributed by atoms with Gasteiger partial charge >= 0.3 is 6.03 Å². The zero-order valence-corrected chi connectivity index (χ0v) is 15.7. The summed E-state index contributed by atoms with van der Waals surface area (Å²) in [7, 11) is 1.80. The molecule has 1 N–H and O–H groups in total. The highest BCUT2D eigenvalue weighted by Gasteiger charge is 2.28. The van der Waals surface area contributed by atoms with Crippen LogP contribution >= 0.6 is 0 Å². The van der Waals surface area contributed by atoms with Gasteiger partial charge in [-0.05, 0) is 25.5 Å². The van der Waals surface area contributed by atoms with Gasteiger partial charge in [-0.1, -0.05) is 19.1 Å². The van der Waals surface area contributed by atoms with E-state index in [0.29, 0.717) is 25.0 Å². The Balaban J connectivity index is 1.84. The molecule has 7 heteroatoms. The highest BCUT2D eigenvalue weighted by Crippen LogP contribution is 2.24. The van der Waals surface area contributed by atoms with Crippen molar-refractivity contribution >= 4 is 16.9 Å². The van der Waals surface area contributed by atoms with Gasteiger partial charge < -0.3 is 10.2 Å². The van der Waals surface area contributed by atoms with Gasteiger partial charge in [-0.25, -0.2) is 9.78 Å². The summed E-state index contributed by atoms with van der Waals surface area (Å²) in [4.78, 5) is 33.7. The molecule has 140 valence electrons. The molecule has 0 aliphatic carbocycles. The minimum absolute atomic E-state index is 0.00331. The minimum Gasteiger partial charge on any atom is -0.338 e. The Morgan fingerprint density at radius 3 is 2.54 bits per heavy atom. The molecule has 7 nitrogen and oxygen atoms in total. The Kier molecular flexibility index (Phi) is 5.56. The van der Waals surface area contributed by atoms with E-state index in [-0.39, 0.29) is 17.6 Å². The van der Waals surface area contributed by atoms with Crippen molar-refractivity contribution in [1.82, 2.24) is 24.7 Å². The number of urea groups is 1. The Hall–Kier alpha value is -2.41. The molecule has 1 fully saturated rings. The van der Waals surface area contributed by atoms with E-state index in [0.717, 1.165) is 30.9 Å². The number of aromatic nitrogens is 2. The van der Waals surface area contributed by atoms with Crippen LogP contribution in [0.4, 0.5) is 4.79 Å². The highest BCUT2D eigenvalue weighted by atomic mass is 16.2.